The molecule has 31 heavy (non-hydrogen) atoms. The van der Waals surface area contributed by atoms with Crippen molar-refractivity contribution in [1.82, 2.24) is 5.32 Å². The van der Waals surface area contributed by atoms with Gasteiger partial charge < -0.3 is 21.3 Å². The highest BCUT2D eigenvalue weighted by Gasteiger charge is 2.30. The maximum absolute atomic E-state index is 12.8. The molecule has 0 radical (unpaired) electrons. The third kappa shape index (κ3) is 5.67. The zero-order valence-corrected chi connectivity index (χ0v) is 17.5. The second kappa shape index (κ2) is 9.40. The van der Waals surface area contributed by atoms with Gasteiger partial charge in [-0.3, -0.25) is 9.59 Å². The van der Waals surface area contributed by atoms with Gasteiger partial charge in [0.25, 0.3) is 5.91 Å². The Kier molecular flexibility index (Phi) is 6.24. The van der Waals surface area contributed by atoms with Gasteiger partial charge in [0.15, 0.2) is 5.11 Å². The number of rotatable bonds is 6. The Morgan fingerprint density at radius 3 is 2.06 bits per heavy atom. The predicted octanol–water partition coefficient (Wildman–Crippen LogP) is 4.91. The van der Waals surface area contributed by atoms with Crippen LogP contribution in [0.25, 0.3) is 0 Å². The van der Waals surface area contributed by atoms with E-state index in [1.807, 2.05) is 54.6 Å². The number of amides is 2. The van der Waals surface area contributed by atoms with Crippen molar-refractivity contribution in [2.24, 2.45) is 5.92 Å². The molecule has 0 spiro atoms. The lowest BCUT2D eigenvalue weighted by molar-refractivity contribution is -0.120. The Morgan fingerprint density at radius 2 is 1.35 bits per heavy atom. The summed E-state index contributed by atoms with van der Waals surface area (Å²) in [6.07, 6.45) is 1.79. The van der Waals surface area contributed by atoms with E-state index in [0.29, 0.717) is 16.9 Å². The number of hydrogen-bond donors (Lipinski definition) is 4. The highest BCUT2D eigenvalue weighted by molar-refractivity contribution is 7.80. The molecule has 6 nitrogen and oxygen atoms in total. The quantitative estimate of drug-likeness (QED) is 0.418. The van der Waals surface area contributed by atoms with Crippen LogP contribution >= 0.6 is 12.2 Å². The number of para-hydroxylation sites is 2. The van der Waals surface area contributed by atoms with Gasteiger partial charge in [0.05, 0.1) is 11.3 Å². The van der Waals surface area contributed by atoms with Crippen LogP contribution in [-0.2, 0) is 4.79 Å². The molecule has 4 rings (SSSR count). The van der Waals surface area contributed by atoms with Gasteiger partial charge in [0.2, 0.25) is 5.91 Å². The molecule has 2 amide bonds. The molecule has 1 aliphatic rings. The number of thiocarbonyl (C=S) groups is 1. The van der Waals surface area contributed by atoms with Gasteiger partial charge >= 0.3 is 0 Å². The molecule has 0 aromatic heterocycles. The van der Waals surface area contributed by atoms with Crippen molar-refractivity contribution < 1.29 is 9.59 Å². The van der Waals surface area contributed by atoms with Gasteiger partial charge in [0, 0.05) is 23.0 Å². The van der Waals surface area contributed by atoms with Crippen LogP contribution in [0.4, 0.5) is 22.7 Å². The first-order valence-electron chi connectivity index (χ1n) is 10.0. The summed E-state index contributed by atoms with van der Waals surface area (Å²) >= 11 is 5.22. The van der Waals surface area contributed by atoms with Gasteiger partial charge in [-0.05, 0) is 73.6 Å². The van der Waals surface area contributed by atoms with Crippen LogP contribution in [0.2, 0.25) is 0 Å². The zero-order valence-electron chi connectivity index (χ0n) is 16.7. The van der Waals surface area contributed by atoms with E-state index in [9.17, 15) is 9.59 Å². The predicted molar refractivity (Wildman–Crippen MR) is 128 cm³/mol. The van der Waals surface area contributed by atoms with E-state index in [-0.39, 0.29) is 22.8 Å². The highest BCUT2D eigenvalue weighted by Crippen LogP contribution is 2.28. The molecule has 156 valence electrons. The monoisotopic (exact) mass is 430 g/mol. The molecule has 0 heterocycles. The molecule has 0 aliphatic heterocycles. The van der Waals surface area contributed by atoms with Crippen LogP contribution in [0, 0.1) is 5.92 Å². The van der Waals surface area contributed by atoms with E-state index < -0.39 is 0 Å². The third-order valence-electron chi connectivity index (χ3n) is 4.81. The molecule has 0 saturated heterocycles. The van der Waals surface area contributed by atoms with Gasteiger partial charge in [-0.2, -0.15) is 0 Å². The maximum atomic E-state index is 12.8. The summed E-state index contributed by atoms with van der Waals surface area (Å²) in [6, 6.07) is 24.3. The number of carbonyl (C=O) groups is 2. The van der Waals surface area contributed by atoms with Crippen molar-refractivity contribution in [1.29, 1.82) is 0 Å². The molecule has 0 unspecified atom stereocenters. The number of nitrogens with one attached hydrogen (secondary N) is 4. The fraction of sp³-hybridized carbons (Fsp3) is 0.125. The lowest BCUT2D eigenvalue weighted by atomic mass is 10.1. The molecule has 1 aliphatic carbocycles. The summed E-state index contributed by atoms with van der Waals surface area (Å²) in [4.78, 5) is 24.7. The van der Waals surface area contributed by atoms with Crippen molar-refractivity contribution >= 4 is 51.9 Å². The molecule has 3 aromatic carbocycles. The van der Waals surface area contributed by atoms with Crippen LogP contribution < -0.4 is 21.3 Å². The summed E-state index contributed by atoms with van der Waals surface area (Å²) in [7, 11) is 0. The first-order valence-corrected chi connectivity index (χ1v) is 10.4. The average molecular weight is 431 g/mol. The third-order valence-corrected chi connectivity index (χ3v) is 5.01. The lowest BCUT2D eigenvalue weighted by Crippen LogP contribution is -2.35. The highest BCUT2D eigenvalue weighted by atomic mass is 32.1. The second-order valence-corrected chi connectivity index (χ2v) is 7.69. The van der Waals surface area contributed by atoms with Crippen LogP contribution in [-0.4, -0.2) is 16.9 Å². The van der Waals surface area contributed by atoms with E-state index >= 15 is 0 Å². The van der Waals surface area contributed by atoms with Crippen molar-refractivity contribution in [2.45, 2.75) is 12.8 Å². The summed E-state index contributed by atoms with van der Waals surface area (Å²) in [5.41, 5.74) is 3.54. The van der Waals surface area contributed by atoms with E-state index in [0.717, 1.165) is 24.2 Å². The van der Waals surface area contributed by atoms with E-state index in [1.54, 1.807) is 24.3 Å². The number of hydrogen-bond acceptors (Lipinski definition) is 4. The average Bonchev–Trinajstić information content (AvgIpc) is 3.62. The van der Waals surface area contributed by atoms with Gasteiger partial charge in [-0.25, -0.2) is 0 Å². The Bertz CT molecular complexity index is 1100. The van der Waals surface area contributed by atoms with Crippen LogP contribution in [0.1, 0.15) is 23.2 Å². The molecule has 3 aromatic rings. The first-order chi connectivity index (χ1) is 15.1. The summed E-state index contributed by atoms with van der Waals surface area (Å²) in [5.74, 6) is -0.301. The van der Waals surface area contributed by atoms with Crippen molar-refractivity contribution in [3.8, 4) is 0 Å². The Labute approximate surface area is 186 Å². The topological polar surface area (TPSA) is 82.3 Å². The molecule has 4 N–H and O–H groups in total. The summed E-state index contributed by atoms with van der Waals surface area (Å²) in [6.45, 7) is 0. The minimum absolute atomic E-state index is 0.0534. The zero-order chi connectivity index (χ0) is 21.6. The normalized spacial score (nSPS) is 12.5. The van der Waals surface area contributed by atoms with Crippen molar-refractivity contribution in [3.63, 3.8) is 0 Å². The van der Waals surface area contributed by atoms with E-state index in [1.165, 1.54) is 0 Å². The molecule has 7 heteroatoms. The molecular formula is C24H22N4O2S. The number of carbonyl (C=O) groups excluding carboxylic acids is 2. The summed E-state index contributed by atoms with van der Waals surface area (Å²) < 4.78 is 0. The van der Waals surface area contributed by atoms with Gasteiger partial charge in [-0.15, -0.1) is 0 Å². The van der Waals surface area contributed by atoms with E-state index in [2.05, 4.69) is 21.3 Å². The number of benzene rings is 3. The fourth-order valence-corrected chi connectivity index (χ4v) is 3.24. The Balaban J connectivity index is 1.39. The minimum atomic E-state index is -0.275. The molecule has 0 bridgehead atoms. The molecule has 0 atom stereocenters. The SMILES string of the molecule is O=C(Nc1ccc(Nc2ccccc2)cc1)c1ccccc1NC(=S)NC(=O)C1CC1. The minimum Gasteiger partial charge on any atom is -0.356 e. The Morgan fingerprint density at radius 1 is 0.742 bits per heavy atom. The molecular weight excluding hydrogens is 408 g/mol. The standard InChI is InChI=1S/C24H22N4O2S/c29-22(16-10-11-16)28-24(31)27-21-9-5-4-8-20(21)23(30)26-19-14-12-18(13-15-19)25-17-6-2-1-3-7-17/h1-9,12-16,25H,10-11H2,(H,26,30)(H2,27,28,29,31). The summed E-state index contributed by atoms with van der Waals surface area (Å²) in [5, 5.41) is 12.0. The van der Waals surface area contributed by atoms with Gasteiger partial charge in [0.1, 0.15) is 0 Å². The smallest absolute Gasteiger partial charge is 0.257 e. The van der Waals surface area contributed by atoms with Crippen LogP contribution in [0.5, 0.6) is 0 Å². The number of anilines is 4. The largest absolute Gasteiger partial charge is 0.356 e. The maximum Gasteiger partial charge on any atom is 0.257 e. The molecule has 1 saturated carbocycles. The first kappa shape index (κ1) is 20.6. The van der Waals surface area contributed by atoms with Gasteiger partial charge in [-0.1, -0.05) is 30.3 Å². The molecule has 1 fully saturated rings. The van der Waals surface area contributed by atoms with E-state index in [4.69, 9.17) is 12.2 Å². The Hall–Kier alpha value is -3.71. The van der Waals surface area contributed by atoms with Crippen molar-refractivity contribution in [2.75, 3.05) is 16.0 Å². The second-order valence-electron chi connectivity index (χ2n) is 7.29. The lowest BCUT2D eigenvalue weighted by Gasteiger charge is -2.14. The van der Waals surface area contributed by atoms with Crippen molar-refractivity contribution in [3.05, 3.63) is 84.4 Å². The fourth-order valence-electron chi connectivity index (χ4n) is 3.03. The van der Waals surface area contributed by atoms with Crippen LogP contribution in [0.3, 0.4) is 0 Å². The van der Waals surface area contributed by atoms with Crippen LogP contribution in [0.15, 0.2) is 78.9 Å².